The molecule has 22 heavy (non-hydrogen) atoms. The molecule has 1 aliphatic heterocycles. The van der Waals surface area contributed by atoms with Crippen LogP contribution in [0.3, 0.4) is 0 Å². The van der Waals surface area contributed by atoms with Crippen LogP contribution >= 0.6 is 12.4 Å². The molecule has 1 unspecified atom stereocenters. The van der Waals surface area contributed by atoms with Gasteiger partial charge in [-0.25, -0.2) is 18.1 Å². The zero-order valence-electron chi connectivity index (χ0n) is 12.0. The number of hydrogen-bond acceptors (Lipinski definition) is 4. The molecule has 3 N–H and O–H groups in total. The van der Waals surface area contributed by atoms with E-state index >= 15 is 0 Å². The maximum absolute atomic E-state index is 12.4. The van der Waals surface area contributed by atoms with E-state index < -0.39 is 10.0 Å². The topological polar surface area (TPSA) is 90.0 Å². The molecule has 1 aromatic carbocycles. The fraction of sp³-hybridized carbons (Fsp3) is 0.357. The van der Waals surface area contributed by atoms with Crippen LogP contribution in [0.1, 0.15) is 23.9 Å². The highest BCUT2D eigenvalue weighted by Gasteiger charge is 2.25. The molecule has 6 nitrogen and oxygen atoms in total. The Bertz CT molecular complexity index is 731. The molecule has 0 saturated carbocycles. The summed E-state index contributed by atoms with van der Waals surface area (Å²) < 4.78 is 29.1. The third-order valence-electron chi connectivity index (χ3n) is 3.68. The third kappa shape index (κ3) is 3.33. The Labute approximate surface area is 136 Å². The molecular weight excluding hydrogens is 324 g/mol. The SMILES string of the molecule is Cl.NC(CNS(=O)(=O)c1cnc2n1CCC2)c1ccccc1. The van der Waals surface area contributed by atoms with E-state index in [0.29, 0.717) is 6.54 Å². The highest BCUT2D eigenvalue weighted by atomic mass is 35.5. The van der Waals surface area contributed by atoms with Crippen LogP contribution in [0.2, 0.25) is 0 Å². The number of aryl methyl sites for hydroxylation is 1. The van der Waals surface area contributed by atoms with Crippen LogP contribution in [0.4, 0.5) is 0 Å². The average Bonchev–Trinajstić information content (AvgIpc) is 3.08. The van der Waals surface area contributed by atoms with Gasteiger partial charge in [0.05, 0.1) is 6.20 Å². The predicted molar refractivity (Wildman–Crippen MR) is 86.4 cm³/mol. The molecule has 1 aliphatic rings. The Kier molecular flexibility index (Phi) is 5.23. The van der Waals surface area contributed by atoms with E-state index in [9.17, 15) is 8.42 Å². The Morgan fingerprint density at radius 1 is 1.32 bits per heavy atom. The number of fused-ring (bicyclic) bond motifs is 1. The number of aromatic nitrogens is 2. The zero-order chi connectivity index (χ0) is 14.9. The monoisotopic (exact) mass is 342 g/mol. The molecule has 0 amide bonds. The van der Waals surface area contributed by atoms with Crippen molar-refractivity contribution in [1.82, 2.24) is 14.3 Å². The molecular formula is C14H19ClN4O2S. The van der Waals surface area contributed by atoms with E-state index in [-0.39, 0.29) is 30.0 Å². The van der Waals surface area contributed by atoms with Crippen molar-refractivity contribution in [2.45, 2.75) is 30.5 Å². The second-order valence-corrected chi connectivity index (χ2v) is 6.85. The van der Waals surface area contributed by atoms with E-state index in [2.05, 4.69) is 9.71 Å². The van der Waals surface area contributed by atoms with Crippen molar-refractivity contribution in [2.24, 2.45) is 5.73 Å². The minimum atomic E-state index is -3.57. The second-order valence-electron chi connectivity index (χ2n) is 5.14. The number of halogens is 1. The van der Waals surface area contributed by atoms with Gasteiger partial charge in [-0.3, -0.25) is 0 Å². The van der Waals surface area contributed by atoms with E-state index in [0.717, 1.165) is 24.2 Å². The molecule has 0 radical (unpaired) electrons. The lowest BCUT2D eigenvalue weighted by Crippen LogP contribution is -2.33. The first-order valence-electron chi connectivity index (χ1n) is 6.92. The van der Waals surface area contributed by atoms with Crippen LogP contribution in [-0.2, 0) is 23.0 Å². The molecule has 120 valence electrons. The van der Waals surface area contributed by atoms with Crippen LogP contribution in [0.15, 0.2) is 41.6 Å². The van der Waals surface area contributed by atoms with E-state index in [4.69, 9.17) is 5.73 Å². The molecule has 0 aliphatic carbocycles. The van der Waals surface area contributed by atoms with Gasteiger partial charge < -0.3 is 10.3 Å². The summed E-state index contributed by atoms with van der Waals surface area (Å²) in [5, 5.41) is 0.232. The molecule has 1 atom stereocenters. The van der Waals surface area contributed by atoms with Crippen LogP contribution < -0.4 is 10.5 Å². The summed E-state index contributed by atoms with van der Waals surface area (Å²) in [6.45, 7) is 0.864. The summed E-state index contributed by atoms with van der Waals surface area (Å²) in [7, 11) is -3.57. The maximum Gasteiger partial charge on any atom is 0.257 e. The molecule has 8 heteroatoms. The van der Waals surface area contributed by atoms with Crippen molar-refractivity contribution in [3.8, 4) is 0 Å². The maximum atomic E-state index is 12.4. The Balaban J connectivity index is 0.00000176. The quantitative estimate of drug-likeness (QED) is 0.855. The van der Waals surface area contributed by atoms with Crippen molar-refractivity contribution in [3.05, 3.63) is 47.9 Å². The minimum absolute atomic E-state index is 0. The lowest BCUT2D eigenvalue weighted by atomic mass is 10.1. The Hall–Kier alpha value is -1.41. The molecule has 0 spiro atoms. The second kappa shape index (κ2) is 6.78. The van der Waals surface area contributed by atoms with Crippen molar-refractivity contribution >= 4 is 22.4 Å². The zero-order valence-corrected chi connectivity index (χ0v) is 13.6. The molecule has 2 aromatic rings. The van der Waals surface area contributed by atoms with Gasteiger partial charge in [0.15, 0.2) is 5.03 Å². The van der Waals surface area contributed by atoms with E-state index in [1.54, 1.807) is 4.57 Å². The van der Waals surface area contributed by atoms with Crippen molar-refractivity contribution in [3.63, 3.8) is 0 Å². The van der Waals surface area contributed by atoms with Crippen LogP contribution in [-0.4, -0.2) is 24.5 Å². The van der Waals surface area contributed by atoms with Gasteiger partial charge in [0.2, 0.25) is 0 Å². The number of benzene rings is 1. The number of rotatable bonds is 5. The smallest absolute Gasteiger partial charge is 0.257 e. The van der Waals surface area contributed by atoms with Crippen LogP contribution in [0.5, 0.6) is 0 Å². The number of nitrogens with two attached hydrogens (primary N) is 1. The van der Waals surface area contributed by atoms with Crippen molar-refractivity contribution < 1.29 is 8.42 Å². The van der Waals surface area contributed by atoms with Gasteiger partial charge in [-0.15, -0.1) is 12.4 Å². The largest absolute Gasteiger partial charge is 0.323 e. The van der Waals surface area contributed by atoms with Gasteiger partial charge in [0.25, 0.3) is 10.0 Å². The fourth-order valence-corrected chi connectivity index (χ4v) is 3.76. The number of hydrogen-bond donors (Lipinski definition) is 2. The summed E-state index contributed by atoms with van der Waals surface area (Å²) in [6.07, 6.45) is 3.19. The van der Waals surface area contributed by atoms with Crippen LogP contribution in [0, 0.1) is 0 Å². The predicted octanol–water partition coefficient (Wildman–Crippen LogP) is 1.23. The average molecular weight is 343 g/mol. The molecule has 3 rings (SSSR count). The lowest BCUT2D eigenvalue weighted by molar-refractivity contribution is 0.556. The van der Waals surface area contributed by atoms with Crippen molar-refractivity contribution in [1.29, 1.82) is 0 Å². The summed E-state index contributed by atoms with van der Waals surface area (Å²) >= 11 is 0. The first kappa shape index (κ1) is 17.0. The van der Waals surface area contributed by atoms with E-state index in [1.807, 2.05) is 30.3 Å². The summed E-state index contributed by atoms with van der Waals surface area (Å²) in [5.74, 6) is 0.836. The number of sulfonamides is 1. The summed E-state index contributed by atoms with van der Waals surface area (Å²) in [6, 6.07) is 9.06. The molecule has 1 aromatic heterocycles. The molecule has 0 bridgehead atoms. The van der Waals surface area contributed by atoms with Gasteiger partial charge in [-0.05, 0) is 12.0 Å². The van der Waals surface area contributed by atoms with Crippen LogP contribution in [0.25, 0.3) is 0 Å². The van der Waals surface area contributed by atoms with Gasteiger partial charge in [-0.1, -0.05) is 30.3 Å². The minimum Gasteiger partial charge on any atom is -0.323 e. The lowest BCUT2D eigenvalue weighted by Gasteiger charge is -2.13. The Morgan fingerprint density at radius 2 is 2.05 bits per heavy atom. The van der Waals surface area contributed by atoms with Gasteiger partial charge in [-0.2, -0.15) is 0 Å². The Morgan fingerprint density at radius 3 is 2.77 bits per heavy atom. The number of nitrogens with one attached hydrogen (secondary N) is 1. The van der Waals surface area contributed by atoms with Gasteiger partial charge >= 0.3 is 0 Å². The van der Waals surface area contributed by atoms with Gasteiger partial charge in [0, 0.05) is 25.6 Å². The van der Waals surface area contributed by atoms with E-state index in [1.165, 1.54) is 6.20 Å². The normalized spacial score (nSPS) is 15.1. The van der Waals surface area contributed by atoms with Gasteiger partial charge in [0.1, 0.15) is 5.82 Å². The first-order valence-corrected chi connectivity index (χ1v) is 8.41. The summed E-state index contributed by atoms with van der Waals surface area (Å²) in [4.78, 5) is 4.16. The fourth-order valence-electron chi connectivity index (χ4n) is 2.54. The standard InChI is InChI=1S/C14H18N4O2S.ClH/c15-12(11-5-2-1-3-6-11)9-17-21(19,20)14-10-16-13-7-4-8-18(13)14;/h1-3,5-6,10,12,17H,4,7-9,15H2;1H. The molecule has 2 heterocycles. The number of imidazole rings is 1. The summed E-state index contributed by atoms with van der Waals surface area (Å²) in [5.41, 5.74) is 6.92. The highest BCUT2D eigenvalue weighted by Crippen LogP contribution is 2.20. The van der Waals surface area contributed by atoms with Crippen molar-refractivity contribution in [2.75, 3.05) is 6.54 Å². The molecule has 0 saturated heterocycles. The number of nitrogens with zero attached hydrogens (tertiary/aromatic N) is 2. The third-order valence-corrected chi connectivity index (χ3v) is 5.10. The highest BCUT2D eigenvalue weighted by molar-refractivity contribution is 7.89. The molecule has 0 fully saturated rings. The first-order chi connectivity index (χ1) is 10.1.